The minimum absolute atomic E-state index is 0.139. The van der Waals surface area contributed by atoms with Gasteiger partial charge >= 0.3 is 12.1 Å². The van der Waals surface area contributed by atoms with Crippen LogP contribution in [0.5, 0.6) is 0 Å². The molecule has 0 spiro atoms. The van der Waals surface area contributed by atoms with E-state index in [4.69, 9.17) is 14.6 Å². The van der Waals surface area contributed by atoms with E-state index >= 15 is 0 Å². The number of amides is 2. The Balaban J connectivity index is 1.70. The molecule has 0 aliphatic carbocycles. The van der Waals surface area contributed by atoms with E-state index in [2.05, 4.69) is 5.32 Å². The first-order valence-electron chi connectivity index (χ1n) is 8.55. The molecule has 0 aromatic heterocycles. The molecule has 142 valence electrons. The lowest BCUT2D eigenvalue weighted by molar-refractivity contribution is -0.147. The summed E-state index contributed by atoms with van der Waals surface area (Å²) in [6, 6.07) is 8.57. The topological polar surface area (TPSA) is 105 Å². The summed E-state index contributed by atoms with van der Waals surface area (Å²) in [7, 11) is 0. The van der Waals surface area contributed by atoms with Crippen LogP contribution in [-0.4, -0.2) is 59.8 Å². The molecule has 2 amide bonds. The number of hydrogen-bond donors (Lipinski definition) is 2. The Bertz CT molecular complexity index is 613. The van der Waals surface area contributed by atoms with Crippen molar-refractivity contribution < 1.29 is 29.0 Å². The molecular formula is C18H24N2O6. The number of ether oxygens (including phenoxy) is 2. The van der Waals surface area contributed by atoms with Crippen LogP contribution in [0, 0.1) is 0 Å². The van der Waals surface area contributed by atoms with Gasteiger partial charge in [0.2, 0.25) is 5.91 Å². The number of aliphatic carboxylic acids is 1. The number of nitrogens with zero attached hydrogens (tertiary/aromatic N) is 1. The Labute approximate surface area is 152 Å². The lowest BCUT2D eigenvalue weighted by Crippen LogP contribution is -2.50. The number of benzene rings is 1. The molecule has 0 radical (unpaired) electrons. The van der Waals surface area contributed by atoms with Gasteiger partial charge in [-0.05, 0) is 25.3 Å². The van der Waals surface area contributed by atoms with Crippen LogP contribution in [0.3, 0.4) is 0 Å². The van der Waals surface area contributed by atoms with Crippen molar-refractivity contribution in [2.24, 2.45) is 0 Å². The lowest BCUT2D eigenvalue weighted by Gasteiger charge is -2.33. The zero-order valence-corrected chi connectivity index (χ0v) is 14.7. The van der Waals surface area contributed by atoms with Gasteiger partial charge in [-0.15, -0.1) is 0 Å². The van der Waals surface area contributed by atoms with Gasteiger partial charge in [-0.2, -0.15) is 0 Å². The highest BCUT2D eigenvalue weighted by atomic mass is 16.5. The number of hydrogen-bond acceptors (Lipinski definition) is 5. The molecule has 8 nitrogen and oxygen atoms in total. The fourth-order valence-electron chi connectivity index (χ4n) is 2.71. The van der Waals surface area contributed by atoms with Crippen LogP contribution in [0.2, 0.25) is 0 Å². The summed E-state index contributed by atoms with van der Waals surface area (Å²) in [5.41, 5.74) is 0.866. The van der Waals surface area contributed by atoms with Gasteiger partial charge in [-0.3, -0.25) is 4.79 Å². The second-order valence-electron chi connectivity index (χ2n) is 6.16. The number of likely N-dealkylation sites (tertiary alicyclic amines) is 1. The minimum atomic E-state index is -1.00. The molecule has 8 heteroatoms. The van der Waals surface area contributed by atoms with Gasteiger partial charge in [0.05, 0.1) is 6.10 Å². The monoisotopic (exact) mass is 364 g/mol. The fraction of sp³-hybridized carbons (Fsp3) is 0.500. The number of carboxylic acid groups (broad SMARTS) is 1. The van der Waals surface area contributed by atoms with E-state index < -0.39 is 18.1 Å². The van der Waals surface area contributed by atoms with Gasteiger partial charge < -0.3 is 24.8 Å². The van der Waals surface area contributed by atoms with Gasteiger partial charge in [0.1, 0.15) is 19.3 Å². The van der Waals surface area contributed by atoms with Crippen molar-refractivity contribution in [2.75, 3.05) is 19.7 Å². The van der Waals surface area contributed by atoms with E-state index in [1.54, 1.807) is 11.8 Å². The zero-order chi connectivity index (χ0) is 18.9. The van der Waals surface area contributed by atoms with E-state index in [9.17, 15) is 14.4 Å². The van der Waals surface area contributed by atoms with Crippen LogP contribution in [0.1, 0.15) is 25.3 Å². The quantitative estimate of drug-likeness (QED) is 0.758. The molecule has 1 atom stereocenters. The number of carboxylic acids is 1. The molecule has 1 unspecified atom stereocenters. The molecule has 1 aliphatic rings. The maximum absolute atomic E-state index is 12.4. The van der Waals surface area contributed by atoms with Gasteiger partial charge in [0.25, 0.3) is 0 Å². The van der Waals surface area contributed by atoms with E-state index in [1.807, 2.05) is 30.3 Å². The Morgan fingerprint density at radius 3 is 2.50 bits per heavy atom. The molecular weight excluding hydrogens is 340 g/mol. The zero-order valence-electron chi connectivity index (χ0n) is 14.7. The number of carbonyl (C=O) groups excluding carboxylic acids is 2. The third kappa shape index (κ3) is 6.36. The van der Waals surface area contributed by atoms with E-state index in [0.29, 0.717) is 25.9 Å². The Kier molecular flexibility index (Phi) is 7.40. The molecule has 1 aliphatic heterocycles. The molecule has 2 rings (SSSR count). The normalized spacial score (nSPS) is 16.0. The Morgan fingerprint density at radius 2 is 1.88 bits per heavy atom. The third-order valence-corrected chi connectivity index (χ3v) is 4.11. The first-order valence-corrected chi connectivity index (χ1v) is 8.55. The maximum Gasteiger partial charge on any atom is 0.408 e. The SMILES string of the molecule is CC(NC(=O)OCc1ccccc1)C(=O)N1CCC(OCC(=O)O)CC1. The number of piperidine rings is 1. The van der Waals surface area contributed by atoms with Crippen LogP contribution in [0.25, 0.3) is 0 Å². The first kappa shape index (κ1) is 19.7. The summed E-state index contributed by atoms with van der Waals surface area (Å²) in [4.78, 5) is 36.4. The molecule has 1 aromatic rings. The van der Waals surface area contributed by atoms with Gasteiger partial charge in [0, 0.05) is 13.1 Å². The van der Waals surface area contributed by atoms with E-state index in [1.165, 1.54) is 0 Å². The van der Waals surface area contributed by atoms with E-state index in [-0.39, 0.29) is 25.2 Å². The molecule has 0 saturated carbocycles. The second-order valence-corrected chi connectivity index (χ2v) is 6.16. The average Bonchev–Trinajstić information content (AvgIpc) is 2.65. The lowest BCUT2D eigenvalue weighted by atomic mass is 10.1. The van der Waals surface area contributed by atoms with Crippen LogP contribution < -0.4 is 5.32 Å². The predicted octanol–water partition coefficient (Wildman–Crippen LogP) is 1.39. The van der Waals surface area contributed by atoms with Crippen molar-refractivity contribution in [1.29, 1.82) is 0 Å². The largest absolute Gasteiger partial charge is 0.480 e. The fourth-order valence-corrected chi connectivity index (χ4v) is 2.71. The van der Waals surface area contributed by atoms with Crippen LogP contribution in [0.4, 0.5) is 4.79 Å². The molecule has 1 aromatic carbocycles. The van der Waals surface area contributed by atoms with Gasteiger partial charge in [-0.25, -0.2) is 9.59 Å². The number of alkyl carbamates (subject to hydrolysis) is 1. The molecule has 2 N–H and O–H groups in total. The number of carbonyl (C=O) groups is 3. The predicted molar refractivity (Wildman–Crippen MR) is 92.4 cm³/mol. The first-order chi connectivity index (χ1) is 12.5. The number of nitrogens with one attached hydrogen (secondary N) is 1. The summed E-state index contributed by atoms with van der Waals surface area (Å²) in [6.07, 6.45) is 0.345. The highest BCUT2D eigenvalue weighted by molar-refractivity contribution is 5.85. The second kappa shape index (κ2) is 9.76. The van der Waals surface area contributed by atoms with Crippen LogP contribution >= 0.6 is 0 Å². The molecule has 26 heavy (non-hydrogen) atoms. The standard InChI is InChI=1S/C18H24N2O6/c1-13(19-18(24)26-11-14-5-3-2-4-6-14)17(23)20-9-7-15(8-10-20)25-12-16(21)22/h2-6,13,15H,7-12H2,1H3,(H,19,24)(H,21,22). The number of rotatable bonds is 7. The molecule has 1 saturated heterocycles. The smallest absolute Gasteiger partial charge is 0.408 e. The maximum atomic E-state index is 12.4. The van der Waals surface area contributed by atoms with Crippen LogP contribution in [0.15, 0.2) is 30.3 Å². The Hall–Kier alpha value is -2.61. The van der Waals surface area contributed by atoms with Crippen molar-refractivity contribution in [3.05, 3.63) is 35.9 Å². The molecule has 1 heterocycles. The van der Waals surface area contributed by atoms with Crippen molar-refractivity contribution in [3.63, 3.8) is 0 Å². The summed E-state index contributed by atoms with van der Waals surface area (Å²) in [5.74, 6) is -1.20. The highest BCUT2D eigenvalue weighted by Crippen LogP contribution is 2.14. The van der Waals surface area contributed by atoms with Gasteiger partial charge in [-0.1, -0.05) is 30.3 Å². The van der Waals surface area contributed by atoms with E-state index in [0.717, 1.165) is 5.56 Å². The van der Waals surface area contributed by atoms with Crippen molar-refractivity contribution >= 4 is 18.0 Å². The average molecular weight is 364 g/mol. The summed E-state index contributed by atoms with van der Waals surface area (Å²) in [6.45, 7) is 2.35. The minimum Gasteiger partial charge on any atom is -0.480 e. The molecule has 0 bridgehead atoms. The highest BCUT2D eigenvalue weighted by Gasteiger charge is 2.27. The van der Waals surface area contributed by atoms with Crippen LogP contribution in [-0.2, 0) is 25.7 Å². The molecule has 1 fully saturated rings. The Morgan fingerprint density at radius 1 is 1.23 bits per heavy atom. The van der Waals surface area contributed by atoms with Gasteiger partial charge in [0.15, 0.2) is 0 Å². The summed E-state index contributed by atoms with van der Waals surface area (Å²) in [5, 5.41) is 11.2. The third-order valence-electron chi connectivity index (χ3n) is 4.11. The van der Waals surface area contributed by atoms with Crippen molar-refractivity contribution in [3.8, 4) is 0 Å². The summed E-state index contributed by atoms with van der Waals surface area (Å²) < 4.78 is 10.4. The summed E-state index contributed by atoms with van der Waals surface area (Å²) >= 11 is 0. The van der Waals surface area contributed by atoms with Crippen molar-refractivity contribution in [2.45, 2.75) is 38.5 Å². The van der Waals surface area contributed by atoms with Crippen molar-refractivity contribution in [1.82, 2.24) is 10.2 Å².